The molecule has 0 aliphatic heterocycles. The quantitative estimate of drug-likeness (QED) is 0.522. The number of alkyl carbamates (subject to hydrolysis) is 1. The highest BCUT2D eigenvalue weighted by Gasteiger charge is 2.34. The monoisotopic (exact) mass is 362 g/mol. The van der Waals surface area contributed by atoms with Crippen molar-refractivity contribution in [2.75, 3.05) is 6.61 Å². The molecule has 4 N–H and O–H groups in total. The van der Waals surface area contributed by atoms with Crippen LogP contribution < -0.4 is 10.6 Å². The van der Waals surface area contributed by atoms with E-state index in [4.69, 9.17) is 19.7 Å². The molecule has 0 aliphatic carbocycles. The standard InChI is InChI=1S/C16H30N2O7/c1-9(24-15(2,3)4)11(18-14(23)25-16(5,6)7)12(20)17-10(8-19)13(21)22/h9-11,19H,8H2,1-7H3,(H,17,20)(H,18,23)(H,21,22)/t9-,10-,11+/m1/s1. The summed E-state index contributed by atoms with van der Waals surface area (Å²) < 4.78 is 10.8. The lowest BCUT2D eigenvalue weighted by Gasteiger charge is -2.31. The van der Waals surface area contributed by atoms with Crippen LogP contribution in [0.15, 0.2) is 0 Å². The van der Waals surface area contributed by atoms with Crippen LogP contribution in [0.25, 0.3) is 0 Å². The molecular weight excluding hydrogens is 332 g/mol. The third-order valence-electron chi connectivity index (χ3n) is 2.76. The number of aliphatic hydroxyl groups is 1. The van der Waals surface area contributed by atoms with Crippen molar-refractivity contribution in [2.45, 2.75) is 77.9 Å². The number of hydrogen-bond acceptors (Lipinski definition) is 6. The predicted molar refractivity (Wildman–Crippen MR) is 90.1 cm³/mol. The van der Waals surface area contributed by atoms with E-state index in [2.05, 4.69) is 10.6 Å². The van der Waals surface area contributed by atoms with Crippen molar-refractivity contribution in [1.29, 1.82) is 0 Å². The molecule has 0 aromatic carbocycles. The van der Waals surface area contributed by atoms with Crippen LogP contribution in [0.1, 0.15) is 48.5 Å². The number of aliphatic hydroxyl groups excluding tert-OH is 1. The highest BCUT2D eigenvalue weighted by atomic mass is 16.6. The first kappa shape index (κ1) is 23.1. The second-order valence-electron chi connectivity index (χ2n) is 7.64. The van der Waals surface area contributed by atoms with E-state index in [1.807, 2.05) is 0 Å². The summed E-state index contributed by atoms with van der Waals surface area (Å²) in [4.78, 5) is 35.4. The predicted octanol–water partition coefficient (Wildman–Crippen LogP) is 0.645. The van der Waals surface area contributed by atoms with Gasteiger partial charge >= 0.3 is 12.1 Å². The lowest BCUT2D eigenvalue weighted by atomic mass is 10.1. The smallest absolute Gasteiger partial charge is 0.408 e. The Kier molecular flexibility index (Phi) is 8.33. The topological polar surface area (TPSA) is 134 Å². The summed E-state index contributed by atoms with van der Waals surface area (Å²) in [5.41, 5.74) is -1.37. The zero-order valence-corrected chi connectivity index (χ0v) is 15.9. The zero-order chi connectivity index (χ0) is 20.0. The molecule has 0 rings (SSSR count). The van der Waals surface area contributed by atoms with Gasteiger partial charge in [-0.1, -0.05) is 0 Å². The Hall–Kier alpha value is -1.87. The van der Waals surface area contributed by atoms with Crippen molar-refractivity contribution < 1.29 is 34.1 Å². The molecule has 0 aromatic heterocycles. The number of carboxylic acid groups (broad SMARTS) is 1. The van der Waals surface area contributed by atoms with Crippen molar-refractivity contribution in [3.63, 3.8) is 0 Å². The van der Waals surface area contributed by atoms with Crippen LogP contribution in [0.3, 0.4) is 0 Å². The molecule has 0 unspecified atom stereocenters. The number of carbonyl (C=O) groups is 3. The van der Waals surface area contributed by atoms with E-state index in [0.29, 0.717) is 0 Å². The molecule has 9 nitrogen and oxygen atoms in total. The van der Waals surface area contributed by atoms with E-state index in [0.717, 1.165) is 0 Å². The number of aliphatic carboxylic acids is 1. The number of rotatable bonds is 7. The Bertz CT molecular complexity index is 480. The van der Waals surface area contributed by atoms with Crippen LogP contribution in [-0.2, 0) is 19.1 Å². The van der Waals surface area contributed by atoms with Crippen LogP contribution in [-0.4, -0.2) is 64.2 Å². The first-order valence-electron chi connectivity index (χ1n) is 7.97. The fourth-order valence-electron chi connectivity index (χ4n) is 1.90. The summed E-state index contributed by atoms with van der Waals surface area (Å²) in [6.45, 7) is 11.1. The van der Waals surface area contributed by atoms with Gasteiger partial charge in [0.1, 0.15) is 17.7 Å². The number of nitrogens with one attached hydrogen (secondary N) is 2. The van der Waals surface area contributed by atoms with E-state index >= 15 is 0 Å². The zero-order valence-electron chi connectivity index (χ0n) is 15.9. The fraction of sp³-hybridized carbons (Fsp3) is 0.812. The molecule has 0 saturated carbocycles. The summed E-state index contributed by atoms with van der Waals surface area (Å²) in [6, 6.07) is -2.69. The molecule has 0 spiro atoms. The lowest BCUT2D eigenvalue weighted by molar-refractivity contribution is -0.144. The number of hydrogen-bond donors (Lipinski definition) is 4. The Labute approximate surface area is 148 Å². The molecule has 2 amide bonds. The maximum Gasteiger partial charge on any atom is 0.408 e. The highest BCUT2D eigenvalue weighted by molar-refractivity contribution is 5.89. The molecule has 0 saturated heterocycles. The molecule has 0 heterocycles. The molecule has 25 heavy (non-hydrogen) atoms. The second kappa shape index (κ2) is 9.00. The number of carbonyl (C=O) groups excluding carboxylic acids is 2. The molecule has 0 radical (unpaired) electrons. The molecule has 0 bridgehead atoms. The van der Waals surface area contributed by atoms with Gasteiger partial charge in [0, 0.05) is 0 Å². The Balaban J connectivity index is 5.27. The third-order valence-corrected chi connectivity index (χ3v) is 2.76. The molecular formula is C16H30N2O7. The summed E-state index contributed by atoms with van der Waals surface area (Å²) in [5, 5.41) is 22.5. The van der Waals surface area contributed by atoms with Crippen molar-refractivity contribution >= 4 is 18.0 Å². The van der Waals surface area contributed by atoms with Gasteiger partial charge in [-0.2, -0.15) is 0 Å². The highest BCUT2D eigenvalue weighted by Crippen LogP contribution is 2.14. The summed E-state index contributed by atoms with van der Waals surface area (Å²) in [6.07, 6.45) is -1.62. The van der Waals surface area contributed by atoms with E-state index in [1.54, 1.807) is 48.5 Å². The maximum atomic E-state index is 12.4. The van der Waals surface area contributed by atoms with Crippen LogP contribution in [0.5, 0.6) is 0 Å². The Morgan fingerprint density at radius 2 is 1.52 bits per heavy atom. The molecule has 0 aliphatic rings. The molecule has 0 fully saturated rings. The normalized spacial score (nSPS) is 15.7. The number of ether oxygens (including phenoxy) is 2. The minimum atomic E-state index is -1.49. The largest absolute Gasteiger partial charge is 0.480 e. The van der Waals surface area contributed by atoms with Crippen LogP contribution >= 0.6 is 0 Å². The van der Waals surface area contributed by atoms with Gasteiger partial charge in [0.2, 0.25) is 5.91 Å². The van der Waals surface area contributed by atoms with Gasteiger partial charge in [-0.05, 0) is 48.5 Å². The van der Waals surface area contributed by atoms with Gasteiger partial charge in [-0.25, -0.2) is 9.59 Å². The van der Waals surface area contributed by atoms with E-state index < -0.39 is 54.0 Å². The van der Waals surface area contributed by atoms with Gasteiger partial charge in [0.05, 0.1) is 18.3 Å². The third kappa shape index (κ3) is 9.88. The van der Waals surface area contributed by atoms with Crippen molar-refractivity contribution in [2.24, 2.45) is 0 Å². The first-order valence-corrected chi connectivity index (χ1v) is 7.97. The summed E-state index contributed by atoms with van der Waals surface area (Å²) in [7, 11) is 0. The minimum Gasteiger partial charge on any atom is -0.480 e. The number of carboxylic acids is 1. The molecule has 0 aromatic rings. The fourth-order valence-corrected chi connectivity index (χ4v) is 1.90. The van der Waals surface area contributed by atoms with E-state index in [1.165, 1.54) is 0 Å². The van der Waals surface area contributed by atoms with Gasteiger partial charge in [0.15, 0.2) is 0 Å². The number of amides is 2. The van der Waals surface area contributed by atoms with Crippen LogP contribution in [0.2, 0.25) is 0 Å². The van der Waals surface area contributed by atoms with E-state index in [-0.39, 0.29) is 0 Å². The van der Waals surface area contributed by atoms with Crippen LogP contribution in [0, 0.1) is 0 Å². The first-order chi connectivity index (χ1) is 11.2. The van der Waals surface area contributed by atoms with Crippen molar-refractivity contribution in [3.8, 4) is 0 Å². The summed E-state index contributed by atoms with van der Waals surface area (Å²) >= 11 is 0. The maximum absolute atomic E-state index is 12.4. The minimum absolute atomic E-state index is 0.600. The molecule has 3 atom stereocenters. The Morgan fingerprint density at radius 3 is 1.88 bits per heavy atom. The average molecular weight is 362 g/mol. The van der Waals surface area contributed by atoms with E-state index in [9.17, 15) is 14.4 Å². The van der Waals surface area contributed by atoms with Gasteiger partial charge in [0.25, 0.3) is 0 Å². The Morgan fingerprint density at radius 1 is 1.00 bits per heavy atom. The summed E-state index contributed by atoms with van der Waals surface area (Å²) in [5.74, 6) is -2.19. The van der Waals surface area contributed by atoms with Gasteiger partial charge < -0.3 is 30.3 Å². The SMILES string of the molecule is C[C@@H](OC(C)(C)C)[C@H](NC(=O)OC(C)(C)C)C(=O)N[C@H](CO)C(=O)O. The lowest BCUT2D eigenvalue weighted by Crippen LogP contribution is -2.58. The molecule has 9 heteroatoms. The molecule has 146 valence electrons. The van der Waals surface area contributed by atoms with Gasteiger partial charge in [-0.3, -0.25) is 4.79 Å². The van der Waals surface area contributed by atoms with Gasteiger partial charge in [-0.15, -0.1) is 0 Å². The second-order valence-corrected chi connectivity index (χ2v) is 7.64. The van der Waals surface area contributed by atoms with Crippen molar-refractivity contribution in [3.05, 3.63) is 0 Å². The average Bonchev–Trinajstić information content (AvgIpc) is 2.37. The van der Waals surface area contributed by atoms with Crippen LogP contribution in [0.4, 0.5) is 4.79 Å². The van der Waals surface area contributed by atoms with Crippen molar-refractivity contribution in [1.82, 2.24) is 10.6 Å².